The molecule has 2 aromatic heterocycles. The summed E-state index contributed by atoms with van der Waals surface area (Å²) in [5.74, 6) is 0.187. The van der Waals surface area contributed by atoms with Gasteiger partial charge in [-0.05, 0) is 55.8 Å². The third kappa shape index (κ3) is 4.60. The molecule has 4 heterocycles. The maximum absolute atomic E-state index is 16.4. The Kier molecular flexibility index (Phi) is 6.82. The molecule has 2 fully saturated rings. The van der Waals surface area contributed by atoms with E-state index < -0.39 is 5.82 Å². The van der Waals surface area contributed by atoms with E-state index in [1.165, 1.54) is 24.6 Å². The molecule has 0 atom stereocenters. The van der Waals surface area contributed by atoms with E-state index in [2.05, 4.69) is 27.0 Å². The first-order valence-corrected chi connectivity index (χ1v) is 15.1. The third-order valence-corrected chi connectivity index (χ3v) is 9.61. The van der Waals surface area contributed by atoms with Crippen molar-refractivity contribution in [1.82, 2.24) is 19.9 Å². The van der Waals surface area contributed by atoms with Gasteiger partial charge in [0.15, 0.2) is 5.82 Å². The second-order valence-corrected chi connectivity index (χ2v) is 12.0. The molecule has 7 rings (SSSR count). The Balaban J connectivity index is 1.32. The van der Waals surface area contributed by atoms with Gasteiger partial charge in [0.05, 0.1) is 10.9 Å². The lowest BCUT2D eigenvalue weighted by Crippen LogP contribution is -2.43. The highest BCUT2D eigenvalue weighted by Gasteiger charge is 2.45. The van der Waals surface area contributed by atoms with Crippen LogP contribution in [0.15, 0.2) is 78.0 Å². The van der Waals surface area contributed by atoms with Crippen LogP contribution in [0, 0.1) is 5.82 Å². The number of benzene rings is 3. The number of halogens is 2. The summed E-state index contributed by atoms with van der Waals surface area (Å²) >= 11 is 8.12. The maximum atomic E-state index is 16.4. The number of hydrogen-bond donors (Lipinski definition) is 0. The highest BCUT2D eigenvalue weighted by Crippen LogP contribution is 2.40. The van der Waals surface area contributed by atoms with Gasteiger partial charge < -0.3 is 4.74 Å². The van der Waals surface area contributed by atoms with Crippen LogP contribution in [-0.4, -0.2) is 45.1 Å². The van der Waals surface area contributed by atoms with Crippen molar-refractivity contribution in [3.05, 3.63) is 89.3 Å². The summed E-state index contributed by atoms with van der Waals surface area (Å²) in [6.07, 6.45) is 6.25. The van der Waals surface area contributed by atoms with Gasteiger partial charge in [0, 0.05) is 27.9 Å². The molecular weight excluding hydrogens is 543 g/mol. The van der Waals surface area contributed by atoms with E-state index >= 15 is 4.39 Å². The Hall–Kier alpha value is -3.26. The van der Waals surface area contributed by atoms with Crippen molar-refractivity contribution in [3.63, 3.8) is 0 Å². The van der Waals surface area contributed by atoms with Crippen molar-refractivity contribution in [2.45, 2.75) is 42.0 Å². The van der Waals surface area contributed by atoms with Crippen LogP contribution < -0.4 is 4.74 Å². The zero-order valence-electron chi connectivity index (χ0n) is 21.9. The van der Waals surface area contributed by atoms with E-state index in [1.807, 2.05) is 54.6 Å². The summed E-state index contributed by atoms with van der Waals surface area (Å²) in [5, 5.41) is 3.47. The molecule has 2 aliphatic heterocycles. The smallest absolute Gasteiger partial charge is 0.318 e. The Bertz CT molecular complexity index is 1700. The first-order chi connectivity index (χ1) is 19.6. The lowest BCUT2D eigenvalue weighted by molar-refractivity contribution is 0.107. The van der Waals surface area contributed by atoms with Gasteiger partial charge in [0.2, 0.25) is 0 Å². The Morgan fingerprint density at radius 2 is 1.73 bits per heavy atom. The lowest BCUT2D eigenvalue weighted by Gasteiger charge is -2.31. The number of rotatable bonds is 7. The van der Waals surface area contributed by atoms with E-state index in [1.54, 1.807) is 6.20 Å². The van der Waals surface area contributed by atoms with Crippen molar-refractivity contribution >= 4 is 45.0 Å². The lowest BCUT2D eigenvalue weighted by atomic mass is 9.95. The fourth-order valence-corrected chi connectivity index (χ4v) is 7.48. The van der Waals surface area contributed by atoms with Crippen LogP contribution in [0.1, 0.15) is 31.2 Å². The quantitative estimate of drug-likeness (QED) is 0.146. The summed E-state index contributed by atoms with van der Waals surface area (Å²) in [5.41, 5.74) is 2.25. The Morgan fingerprint density at radius 1 is 0.950 bits per heavy atom. The molecule has 0 unspecified atom stereocenters. The predicted octanol–water partition coefficient (Wildman–Crippen LogP) is 7.94. The average molecular weight is 571 g/mol. The van der Waals surface area contributed by atoms with Gasteiger partial charge in [-0.15, -0.1) is 11.8 Å². The number of fused-ring (bicyclic) bond motifs is 3. The molecule has 2 aliphatic rings. The minimum atomic E-state index is -0.500. The summed E-state index contributed by atoms with van der Waals surface area (Å²) in [6.45, 7) is 2.73. The molecule has 202 valence electrons. The fraction of sp³-hybridized carbons (Fsp3) is 0.281. The number of nitrogens with zero attached hydrogens (tertiary/aromatic N) is 4. The Morgan fingerprint density at radius 3 is 2.52 bits per heavy atom. The third-order valence-electron chi connectivity index (χ3n) is 8.24. The van der Waals surface area contributed by atoms with Gasteiger partial charge in [-0.2, -0.15) is 9.97 Å². The van der Waals surface area contributed by atoms with Crippen molar-refractivity contribution < 1.29 is 9.13 Å². The molecule has 0 N–H and O–H groups in total. The normalized spacial score (nSPS) is 16.6. The van der Waals surface area contributed by atoms with Crippen molar-refractivity contribution in [2.75, 3.05) is 19.7 Å². The van der Waals surface area contributed by atoms with E-state index in [0.29, 0.717) is 33.4 Å². The first kappa shape index (κ1) is 25.7. The molecule has 3 aromatic carbocycles. The standard InChI is InChI=1S/C32H28ClFN4OS/c33-25-13-5-11-22-10-4-12-23(26(22)25)28-27(34)29-24(18-35-28)30(40-19-21-8-2-1-3-9-21)37-31(36-29)39-20-32-14-6-16-38(32)17-7-15-32/h1-5,8-13,18H,6-7,14-17,19-20H2. The van der Waals surface area contributed by atoms with Crippen LogP contribution in [-0.2, 0) is 5.75 Å². The van der Waals surface area contributed by atoms with Crippen LogP contribution >= 0.6 is 23.4 Å². The minimum Gasteiger partial charge on any atom is -0.461 e. The summed E-state index contributed by atoms with van der Waals surface area (Å²) < 4.78 is 22.7. The van der Waals surface area contributed by atoms with Gasteiger partial charge >= 0.3 is 6.01 Å². The van der Waals surface area contributed by atoms with E-state index in [0.717, 1.165) is 42.3 Å². The molecule has 40 heavy (non-hydrogen) atoms. The fourth-order valence-electron chi connectivity index (χ4n) is 6.25. The number of thioether (sulfide) groups is 1. The SMILES string of the molecule is Fc1c(-c2cccc3cccc(Cl)c23)ncc2c(SCc3ccccc3)nc(OCC34CCCN3CCC4)nc12. The van der Waals surface area contributed by atoms with Gasteiger partial charge in [0.1, 0.15) is 22.8 Å². The first-order valence-electron chi connectivity index (χ1n) is 13.7. The summed E-state index contributed by atoms with van der Waals surface area (Å²) in [7, 11) is 0. The number of ether oxygens (including phenoxy) is 1. The number of aromatic nitrogens is 3. The highest BCUT2D eigenvalue weighted by molar-refractivity contribution is 7.98. The summed E-state index contributed by atoms with van der Waals surface area (Å²) in [6, 6.07) is 21.7. The maximum Gasteiger partial charge on any atom is 0.318 e. The van der Waals surface area contributed by atoms with Crippen LogP contribution in [0.5, 0.6) is 6.01 Å². The Labute approximate surface area is 241 Å². The van der Waals surface area contributed by atoms with Gasteiger partial charge in [0.25, 0.3) is 0 Å². The van der Waals surface area contributed by atoms with Crippen molar-refractivity contribution in [1.29, 1.82) is 0 Å². The molecule has 2 saturated heterocycles. The zero-order chi connectivity index (χ0) is 27.1. The average Bonchev–Trinajstić information content (AvgIpc) is 3.57. The second-order valence-electron chi connectivity index (χ2n) is 10.6. The molecule has 5 nitrogen and oxygen atoms in total. The molecule has 0 saturated carbocycles. The molecular formula is C32H28ClFN4OS. The van der Waals surface area contributed by atoms with Crippen LogP contribution in [0.25, 0.3) is 32.9 Å². The van der Waals surface area contributed by atoms with Gasteiger partial charge in [-0.3, -0.25) is 9.88 Å². The monoisotopic (exact) mass is 570 g/mol. The largest absolute Gasteiger partial charge is 0.461 e. The molecule has 0 radical (unpaired) electrons. The molecule has 8 heteroatoms. The van der Waals surface area contributed by atoms with Crippen LogP contribution in [0.2, 0.25) is 5.02 Å². The van der Waals surface area contributed by atoms with Crippen LogP contribution in [0.3, 0.4) is 0 Å². The van der Waals surface area contributed by atoms with E-state index in [4.69, 9.17) is 21.3 Å². The van der Waals surface area contributed by atoms with Gasteiger partial charge in [-0.1, -0.05) is 72.3 Å². The summed E-state index contributed by atoms with van der Waals surface area (Å²) in [4.78, 5) is 16.5. The van der Waals surface area contributed by atoms with Crippen LogP contribution in [0.4, 0.5) is 4.39 Å². The zero-order valence-corrected chi connectivity index (χ0v) is 23.5. The molecule has 0 amide bonds. The number of hydrogen-bond acceptors (Lipinski definition) is 6. The van der Waals surface area contributed by atoms with Crippen molar-refractivity contribution in [2.24, 2.45) is 0 Å². The van der Waals surface area contributed by atoms with Gasteiger partial charge in [-0.25, -0.2) is 4.39 Å². The molecule has 0 spiro atoms. The van der Waals surface area contributed by atoms with E-state index in [9.17, 15) is 0 Å². The second kappa shape index (κ2) is 10.6. The van der Waals surface area contributed by atoms with Crippen molar-refractivity contribution in [3.8, 4) is 17.3 Å². The minimum absolute atomic E-state index is 0.0390. The van der Waals surface area contributed by atoms with E-state index in [-0.39, 0.29) is 22.8 Å². The predicted molar refractivity (Wildman–Crippen MR) is 160 cm³/mol. The molecule has 0 aliphatic carbocycles. The topological polar surface area (TPSA) is 51.1 Å². The number of pyridine rings is 1. The highest BCUT2D eigenvalue weighted by atomic mass is 35.5. The molecule has 5 aromatic rings. The molecule has 0 bridgehead atoms.